The van der Waals surface area contributed by atoms with Crippen molar-refractivity contribution in [2.75, 3.05) is 19.8 Å². The van der Waals surface area contributed by atoms with Crippen LogP contribution in [0.2, 0.25) is 0 Å². The number of carbonyl (C=O) groups excluding carboxylic acids is 1. The number of halogens is 1. The number of hydrogen-bond acceptors (Lipinski definition) is 3. The predicted molar refractivity (Wildman–Crippen MR) is 80.9 cm³/mol. The van der Waals surface area contributed by atoms with E-state index in [1.807, 2.05) is 0 Å². The second-order valence-corrected chi connectivity index (χ2v) is 5.92. The number of rotatable bonds is 4. The monoisotopic (exact) mass is 300 g/mol. The van der Waals surface area contributed by atoms with Gasteiger partial charge >= 0.3 is 0 Å². The van der Waals surface area contributed by atoms with Crippen LogP contribution in [0, 0.1) is 11.2 Å². The van der Waals surface area contributed by atoms with Gasteiger partial charge in [-0.1, -0.05) is 19.1 Å². The SMILES string of the molecule is CC1(CNC(=O)c2cccc(-c3ccncc3F)c2)COC1. The van der Waals surface area contributed by atoms with Crippen molar-refractivity contribution in [3.8, 4) is 11.1 Å². The molecule has 0 spiro atoms. The summed E-state index contributed by atoms with van der Waals surface area (Å²) in [6.07, 6.45) is 2.70. The minimum Gasteiger partial charge on any atom is -0.380 e. The van der Waals surface area contributed by atoms with E-state index in [1.54, 1.807) is 30.3 Å². The molecule has 0 bridgehead atoms. The molecule has 1 aromatic carbocycles. The number of amides is 1. The van der Waals surface area contributed by atoms with Gasteiger partial charge in [-0.2, -0.15) is 0 Å². The quantitative estimate of drug-likeness (QED) is 0.944. The van der Waals surface area contributed by atoms with E-state index in [0.717, 1.165) is 0 Å². The summed E-state index contributed by atoms with van der Waals surface area (Å²) in [7, 11) is 0. The highest BCUT2D eigenvalue weighted by molar-refractivity contribution is 5.95. The summed E-state index contributed by atoms with van der Waals surface area (Å²) >= 11 is 0. The van der Waals surface area contributed by atoms with Crippen molar-refractivity contribution >= 4 is 5.91 Å². The first kappa shape index (κ1) is 14.7. The normalized spacial score (nSPS) is 15.9. The number of benzene rings is 1. The van der Waals surface area contributed by atoms with Crippen LogP contribution in [-0.2, 0) is 4.74 Å². The highest BCUT2D eigenvalue weighted by Gasteiger charge is 2.33. The van der Waals surface area contributed by atoms with Gasteiger partial charge in [0.25, 0.3) is 5.91 Å². The summed E-state index contributed by atoms with van der Waals surface area (Å²) in [6, 6.07) is 8.53. The fourth-order valence-electron chi connectivity index (χ4n) is 2.39. The molecular formula is C17H17FN2O2. The van der Waals surface area contributed by atoms with Crippen LogP contribution in [0.15, 0.2) is 42.7 Å². The maximum Gasteiger partial charge on any atom is 0.251 e. The number of hydrogen-bond donors (Lipinski definition) is 1. The molecule has 0 saturated carbocycles. The first-order valence-corrected chi connectivity index (χ1v) is 7.13. The van der Waals surface area contributed by atoms with Crippen LogP contribution in [0.5, 0.6) is 0 Å². The van der Waals surface area contributed by atoms with E-state index in [2.05, 4.69) is 17.2 Å². The van der Waals surface area contributed by atoms with Crippen molar-refractivity contribution in [3.05, 3.63) is 54.1 Å². The topological polar surface area (TPSA) is 51.2 Å². The molecule has 1 amide bonds. The number of carbonyl (C=O) groups is 1. The Labute approximate surface area is 128 Å². The third-order valence-electron chi connectivity index (χ3n) is 3.78. The van der Waals surface area contributed by atoms with Crippen LogP contribution in [0.25, 0.3) is 11.1 Å². The lowest BCUT2D eigenvalue weighted by atomic mass is 9.88. The maximum atomic E-state index is 13.8. The Hall–Kier alpha value is -2.27. The molecule has 2 heterocycles. The lowest BCUT2D eigenvalue weighted by Crippen LogP contribution is -2.48. The fraction of sp³-hybridized carbons (Fsp3) is 0.294. The van der Waals surface area contributed by atoms with E-state index in [-0.39, 0.29) is 11.3 Å². The minimum absolute atomic E-state index is 0.0183. The summed E-state index contributed by atoms with van der Waals surface area (Å²) in [4.78, 5) is 16.0. The van der Waals surface area contributed by atoms with E-state index in [9.17, 15) is 9.18 Å². The molecule has 1 aliphatic heterocycles. The van der Waals surface area contributed by atoms with Crippen molar-refractivity contribution in [2.24, 2.45) is 5.41 Å². The standard InChI is InChI=1S/C17H17FN2O2/c1-17(10-22-11-17)9-20-16(21)13-4-2-3-12(7-13)14-5-6-19-8-15(14)18/h2-8H,9-11H2,1H3,(H,20,21). The van der Waals surface area contributed by atoms with E-state index in [1.165, 1.54) is 12.4 Å². The van der Waals surface area contributed by atoms with Crippen LogP contribution >= 0.6 is 0 Å². The largest absolute Gasteiger partial charge is 0.380 e. The van der Waals surface area contributed by atoms with Gasteiger partial charge in [-0.3, -0.25) is 9.78 Å². The number of nitrogens with zero attached hydrogens (tertiary/aromatic N) is 1. The van der Waals surface area contributed by atoms with Gasteiger partial charge in [-0.05, 0) is 23.8 Å². The molecule has 0 radical (unpaired) electrons. The number of nitrogens with one attached hydrogen (secondary N) is 1. The van der Waals surface area contributed by atoms with Gasteiger partial charge in [0.2, 0.25) is 0 Å². The lowest BCUT2D eigenvalue weighted by Gasteiger charge is -2.38. The Morgan fingerprint density at radius 1 is 1.41 bits per heavy atom. The Kier molecular flexibility index (Phi) is 3.90. The molecule has 1 N–H and O–H groups in total. The van der Waals surface area contributed by atoms with Crippen LogP contribution < -0.4 is 5.32 Å². The summed E-state index contributed by atoms with van der Waals surface area (Å²) in [5.74, 6) is -0.566. The number of aromatic nitrogens is 1. The Balaban J connectivity index is 1.76. The van der Waals surface area contributed by atoms with Gasteiger partial charge in [0.1, 0.15) is 5.82 Å². The lowest BCUT2D eigenvalue weighted by molar-refractivity contribution is -0.0978. The molecule has 2 aromatic rings. The first-order valence-electron chi connectivity index (χ1n) is 7.13. The van der Waals surface area contributed by atoms with E-state index >= 15 is 0 Å². The highest BCUT2D eigenvalue weighted by Crippen LogP contribution is 2.26. The zero-order valence-corrected chi connectivity index (χ0v) is 12.3. The third kappa shape index (κ3) is 2.99. The van der Waals surface area contributed by atoms with Crippen LogP contribution in [-0.4, -0.2) is 30.6 Å². The number of pyridine rings is 1. The molecule has 0 unspecified atom stereocenters. The average Bonchev–Trinajstić information content (AvgIpc) is 2.51. The molecule has 0 aliphatic carbocycles. The summed E-state index contributed by atoms with van der Waals surface area (Å²) in [6.45, 7) is 3.96. The molecule has 1 aliphatic rings. The molecule has 5 heteroatoms. The number of ether oxygens (including phenoxy) is 1. The zero-order chi connectivity index (χ0) is 15.6. The van der Waals surface area contributed by atoms with Crippen molar-refractivity contribution < 1.29 is 13.9 Å². The summed E-state index contributed by atoms with van der Waals surface area (Å²) in [5, 5.41) is 2.91. The maximum absolute atomic E-state index is 13.8. The second-order valence-electron chi connectivity index (χ2n) is 5.92. The molecule has 3 rings (SSSR count). The molecule has 4 nitrogen and oxygen atoms in total. The molecule has 114 valence electrons. The molecule has 1 saturated heterocycles. The van der Waals surface area contributed by atoms with Crippen LogP contribution in [0.1, 0.15) is 17.3 Å². The van der Waals surface area contributed by atoms with Gasteiger partial charge < -0.3 is 10.1 Å². The second kappa shape index (κ2) is 5.85. The van der Waals surface area contributed by atoms with Gasteiger partial charge in [0, 0.05) is 29.3 Å². The summed E-state index contributed by atoms with van der Waals surface area (Å²) < 4.78 is 19.0. The van der Waals surface area contributed by atoms with E-state index in [4.69, 9.17) is 4.74 Å². The van der Waals surface area contributed by atoms with E-state index < -0.39 is 5.82 Å². The Morgan fingerprint density at radius 3 is 2.91 bits per heavy atom. The van der Waals surface area contributed by atoms with Crippen molar-refractivity contribution in [1.82, 2.24) is 10.3 Å². The van der Waals surface area contributed by atoms with Gasteiger partial charge in [-0.25, -0.2) is 4.39 Å². The van der Waals surface area contributed by atoms with Crippen molar-refractivity contribution in [3.63, 3.8) is 0 Å². The zero-order valence-electron chi connectivity index (χ0n) is 12.3. The van der Waals surface area contributed by atoms with Crippen molar-refractivity contribution in [1.29, 1.82) is 0 Å². The fourth-order valence-corrected chi connectivity index (χ4v) is 2.39. The predicted octanol–water partition coefficient (Wildman–Crippen LogP) is 2.65. The van der Waals surface area contributed by atoms with E-state index in [0.29, 0.717) is 36.4 Å². The van der Waals surface area contributed by atoms with Gasteiger partial charge in [0.05, 0.1) is 19.4 Å². The Morgan fingerprint density at radius 2 is 2.23 bits per heavy atom. The minimum atomic E-state index is -0.404. The smallest absolute Gasteiger partial charge is 0.251 e. The molecule has 0 atom stereocenters. The van der Waals surface area contributed by atoms with Crippen LogP contribution in [0.3, 0.4) is 0 Å². The molecular weight excluding hydrogens is 283 g/mol. The molecule has 1 aromatic heterocycles. The average molecular weight is 300 g/mol. The third-order valence-corrected chi connectivity index (χ3v) is 3.78. The molecule has 22 heavy (non-hydrogen) atoms. The Bertz CT molecular complexity index is 699. The van der Waals surface area contributed by atoms with Gasteiger partial charge in [0.15, 0.2) is 0 Å². The highest BCUT2D eigenvalue weighted by atomic mass is 19.1. The summed E-state index contributed by atoms with van der Waals surface area (Å²) in [5.41, 5.74) is 1.62. The van der Waals surface area contributed by atoms with Gasteiger partial charge in [-0.15, -0.1) is 0 Å². The molecule has 1 fully saturated rings. The van der Waals surface area contributed by atoms with Crippen molar-refractivity contribution in [2.45, 2.75) is 6.92 Å². The first-order chi connectivity index (χ1) is 10.6. The van der Waals surface area contributed by atoms with Crippen LogP contribution in [0.4, 0.5) is 4.39 Å².